The Hall–Kier alpha value is -1.61. The lowest BCUT2D eigenvalue weighted by molar-refractivity contribution is -0.0798. The van der Waals surface area contributed by atoms with Crippen LogP contribution in [0.25, 0.3) is 11.5 Å². The van der Waals surface area contributed by atoms with Gasteiger partial charge in [-0.15, -0.1) is 0 Å². The number of aromatic nitrogens is 4. The predicted molar refractivity (Wildman–Crippen MR) is 66.8 cm³/mol. The van der Waals surface area contributed by atoms with Crippen LogP contribution in [0, 0.1) is 6.92 Å². The predicted octanol–water partition coefficient (Wildman–Crippen LogP) is -0.914. The molecule has 8 nitrogen and oxygen atoms in total. The van der Waals surface area contributed by atoms with Crippen LogP contribution in [0.2, 0.25) is 0 Å². The van der Waals surface area contributed by atoms with E-state index in [1.165, 1.54) is 19.6 Å². The molecular weight excluding hydrogens is 264 g/mol. The van der Waals surface area contributed by atoms with Gasteiger partial charge < -0.3 is 24.6 Å². The molecular formula is C12H16N4O4. The summed E-state index contributed by atoms with van der Waals surface area (Å²) >= 11 is 0. The first-order chi connectivity index (χ1) is 9.50. The second-order valence-corrected chi connectivity index (χ2v) is 5.00. The number of aliphatic hydroxyl groups excluding tert-OH is 3. The Balaban J connectivity index is 2.00. The first-order valence-electron chi connectivity index (χ1n) is 6.34. The molecule has 20 heavy (non-hydrogen) atoms. The fourth-order valence-corrected chi connectivity index (χ4v) is 2.51. The van der Waals surface area contributed by atoms with E-state index >= 15 is 0 Å². The third-order valence-electron chi connectivity index (χ3n) is 3.64. The summed E-state index contributed by atoms with van der Waals surface area (Å²) in [6.07, 6.45) is -1.97. The average Bonchev–Trinajstić information content (AvgIpc) is 2.98. The van der Waals surface area contributed by atoms with Gasteiger partial charge in [-0.2, -0.15) is 0 Å². The van der Waals surface area contributed by atoms with Gasteiger partial charge in [0, 0.05) is 5.69 Å². The third kappa shape index (κ3) is 1.88. The second kappa shape index (κ2) is 4.74. The van der Waals surface area contributed by atoms with E-state index in [2.05, 4.69) is 15.0 Å². The maximum Gasteiger partial charge on any atom is 0.182 e. The van der Waals surface area contributed by atoms with Crippen LogP contribution in [0.4, 0.5) is 0 Å². The maximum absolute atomic E-state index is 10.1. The van der Waals surface area contributed by atoms with E-state index in [9.17, 15) is 15.3 Å². The third-order valence-corrected chi connectivity index (χ3v) is 3.64. The van der Waals surface area contributed by atoms with E-state index in [-0.39, 0.29) is 0 Å². The van der Waals surface area contributed by atoms with Gasteiger partial charge in [0.25, 0.3) is 0 Å². The summed E-state index contributed by atoms with van der Waals surface area (Å²) in [6, 6.07) is 0. The summed E-state index contributed by atoms with van der Waals surface area (Å²) in [7, 11) is 0. The lowest BCUT2D eigenvalue weighted by Gasteiger charge is -2.21. The zero-order valence-electron chi connectivity index (χ0n) is 11.1. The molecule has 1 unspecified atom stereocenters. The Morgan fingerprint density at radius 2 is 2.00 bits per heavy atom. The number of aliphatic hydroxyl groups is 3. The van der Waals surface area contributed by atoms with Crippen LogP contribution < -0.4 is 0 Å². The van der Waals surface area contributed by atoms with Crippen LogP contribution in [0.15, 0.2) is 12.7 Å². The summed E-state index contributed by atoms with van der Waals surface area (Å²) in [6.45, 7) is 3.31. The first-order valence-corrected chi connectivity index (χ1v) is 6.34. The Kier molecular flexibility index (Phi) is 3.17. The molecule has 108 valence electrons. The molecule has 3 aliphatic heterocycles. The van der Waals surface area contributed by atoms with Crippen molar-refractivity contribution in [3.63, 3.8) is 0 Å². The van der Waals surface area contributed by atoms with E-state index in [0.717, 1.165) is 5.69 Å². The molecule has 0 aromatic heterocycles. The number of fused-ring (bicyclic) bond motifs is 1. The average molecular weight is 280 g/mol. The van der Waals surface area contributed by atoms with Gasteiger partial charge in [-0.25, -0.2) is 15.0 Å². The SMILES string of the molecule is Cc1c2ncnc-2ncn1C1O[C@@H]([C@@H](C)O)[C@H](O)[C@@H]1O. The smallest absolute Gasteiger partial charge is 0.182 e. The maximum atomic E-state index is 10.1. The molecule has 1 fully saturated rings. The highest BCUT2D eigenvalue weighted by atomic mass is 16.6. The lowest BCUT2D eigenvalue weighted by atomic mass is 10.1. The van der Waals surface area contributed by atoms with Crippen molar-refractivity contribution in [3.8, 4) is 11.5 Å². The summed E-state index contributed by atoms with van der Waals surface area (Å²) in [5, 5.41) is 29.6. The molecule has 3 aliphatic rings. The van der Waals surface area contributed by atoms with Crippen LogP contribution in [0.1, 0.15) is 18.8 Å². The van der Waals surface area contributed by atoms with Gasteiger partial charge in [0.05, 0.1) is 12.4 Å². The number of imidazole rings is 1. The van der Waals surface area contributed by atoms with Crippen LogP contribution in [0.5, 0.6) is 0 Å². The quantitative estimate of drug-likeness (QED) is 0.652. The standard InChI is InChI=1S/C12H16N4O4/c1-5-7-11(14-3-13-7)15-4-16(5)12-9(19)8(18)10(20-12)6(2)17/h3-4,6,8-10,12,17-19H,1-2H3/t6-,8-,9+,10+,12?/m1/s1. The van der Waals surface area contributed by atoms with Crippen molar-refractivity contribution in [1.82, 2.24) is 19.5 Å². The number of rotatable bonds is 2. The zero-order chi connectivity index (χ0) is 14.4. The molecule has 0 bridgehead atoms. The van der Waals surface area contributed by atoms with Gasteiger partial charge >= 0.3 is 0 Å². The Labute approximate surface area is 115 Å². The fraction of sp³-hybridized carbons (Fsp3) is 0.583. The minimum absolute atomic E-state index is 0.513. The van der Waals surface area contributed by atoms with E-state index in [4.69, 9.17) is 4.74 Å². The Morgan fingerprint density at radius 3 is 2.65 bits per heavy atom. The van der Waals surface area contributed by atoms with Crippen LogP contribution in [-0.2, 0) is 4.74 Å². The van der Waals surface area contributed by atoms with E-state index in [1.54, 1.807) is 11.5 Å². The summed E-state index contributed by atoms with van der Waals surface area (Å²) in [4.78, 5) is 12.2. The minimum Gasteiger partial charge on any atom is -0.391 e. The van der Waals surface area contributed by atoms with Crippen LogP contribution in [0.3, 0.4) is 0 Å². The van der Waals surface area contributed by atoms with Crippen molar-refractivity contribution >= 4 is 0 Å². The topological polar surface area (TPSA) is 114 Å². The van der Waals surface area contributed by atoms with Crippen LogP contribution >= 0.6 is 0 Å². The fourth-order valence-electron chi connectivity index (χ4n) is 2.51. The molecule has 5 atom stereocenters. The number of hydrogen-bond acceptors (Lipinski definition) is 7. The zero-order valence-corrected chi connectivity index (χ0v) is 11.1. The highest BCUT2D eigenvalue weighted by molar-refractivity contribution is 5.52. The van der Waals surface area contributed by atoms with Crippen molar-refractivity contribution in [2.24, 2.45) is 0 Å². The van der Waals surface area contributed by atoms with E-state index < -0.39 is 30.6 Å². The molecule has 1 saturated heterocycles. The summed E-state index contributed by atoms with van der Waals surface area (Å²) < 4.78 is 7.16. The molecule has 3 rings (SSSR count). The summed E-state index contributed by atoms with van der Waals surface area (Å²) in [5.41, 5.74) is 1.33. The van der Waals surface area contributed by atoms with Crippen molar-refractivity contribution in [3.05, 3.63) is 18.3 Å². The second-order valence-electron chi connectivity index (χ2n) is 5.00. The van der Waals surface area contributed by atoms with Gasteiger partial charge in [0.15, 0.2) is 12.1 Å². The van der Waals surface area contributed by atoms with E-state index in [0.29, 0.717) is 11.5 Å². The number of ether oxygens (including phenoxy) is 1. The Morgan fingerprint density at radius 1 is 1.25 bits per heavy atom. The van der Waals surface area contributed by atoms with Gasteiger partial charge in [0.1, 0.15) is 30.3 Å². The largest absolute Gasteiger partial charge is 0.391 e. The van der Waals surface area contributed by atoms with Gasteiger partial charge in [0.2, 0.25) is 0 Å². The molecule has 0 aliphatic carbocycles. The van der Waals surface area contributed by atoms with Crippen molar-refractivity contribution < 1.29 is 20.1 Å². The molecule has 0 aromatic rings. The molecule has 0 aromatic carbocycles. The van der Waals surface area contributed by atoms with Gasteiger partial charge in [-0.1, -0.05) is 0 Å². The normalized spacial score (nSPS) is 31.9. The number of hydrogen-bond donors (Lipinski definition) is 3. The van der Waals surface area contributed by atoms with Gasteiger partial charge in [-0.05, 0) is 13.8 Å². The van der Waals surface area contributed by atoms with E-state index in [1.807, 2.05) is 0 Å². The van der Waals surface area contributed by atoms with Crippen molar-refractivity contribution in [2.75, 3.05) is 0 Å². The first kappa shape index (κ1) is 13.4. The highest BCUT2D eigenvalue weighted by Gasteiger charge is 2.46. The molecule has 3 N–H and O–H groups in total. The molecule has 0 amide bonds. The molecule has 0 radical (unpaired) electrons. The minimum atomic E-state index is -1.16. The van der Waals surface area contributed by atoms with Crippen molar-refractivity contribution in [2.45, 2.75) is 44.5 Å². The van der Waals surface area contributed by atoms with Crippen LogP contribution in [-0.4, -0.2) is 59.3 Å². The molecule has 8 heteroatoms. The van der Waals surface area contributed by atoms with Gasteiger partial charge in [-0.3, -0.25) is 0 Å². The lowest BCUT2D eigenvalue weighted by Crippen LogP contribution is -2.37. The Bertz CT molecular complexity index is 587. The molecule has 0 saturated carbocycles. The molecule has 3 heterocycles. The molecule has 0 spiro atoms. The van der Waals surface area contributed by atoms with Crippen molar-refractivity contribution in [1.29, 1.82) is 0 Å². The monoisotopic (exact) mass is 280 g/mol. The number of nitrogens with zero attached hydrogens (tertiary/aromatic N) is 4. The highest BCUT2D eigenvalue weighted by Crippen LogP contribution is 2.33. The summed E-state index contributed by atoms with van der Waals surface area (Å²) in [5.74, 6) is 0.513.